The van der Waals surface area contributed by atoms with E-state index in [1.165, 1.54) is 12.1 Å². The normalized spacial score (nSPS) is 18.2. The number of benzene rings is 2. The Labute approximate surface area is 157 Å². The van der Waals surface area contributed by atoms with Crippen molar-refractivity contribution in [3.8, 4) is 5.75 Å². The quantitative estimate of drug-likeness (QED) is 0.763. The Hall–Kier alpha value is -2.69. The summed E-state index contributed by atoms with van der Waals surface area (Å²) in [5.41, 5.74) is 2.18. The first-order valence-corrected chi connectivity index (χ1v) is 9.26. The minimum absolute atomic E-state index is 0.0887. The third kappa shape index (κ3) is 3.11. The maximum Gasteiger partial charge on any atom is 0.256 e. The molecule has 0 aliphatic carbocycles. The van der Waals surface area contributed by atoms with Crippen LogP contribution in [0, 0.1) is 19.7 Å². The molecule has 0 atom stereocenters. The van der Waals surface area contributed by atoms with Gasteiger partial charge in [-0.3, -0.25) is 9.59 Å². The summed E-state index contributed by atoms with van der Waals surface area (Å²) < 4.78 is 20.3. The smallest absolute Gasteiger partial charge is 0.256 e. The molecule has 1 saturated heterocycles. The van der Waals surface area contributed by atoms with E-state index in [1.54, 1.807) is 17.0 Å². The zero-order valence-electron chi connectivity index (χ0n) is 15.5. The van der Waals surface area contributed by atoms with Crippen LogP contribution in [-0.4, -0.2) is 35.3 Å². The van der Waals surface area contributed by atoms with Crippen LogP contribution in [0.25, 0.3) is 0 Å². The van der Waals surface area contributed by atoms with Gasteiger partial charge in [0.15, 0.2) is 5.78 Å². The van der Waals surface area contributed by atoms with Crippen LogP contribution in [0.2, 0.25) is 0 Å². The van der Waals surface area contributed by atoms with E-state index in [-0.39, 0.29) is 17.3 Å². The van der Waals surface area contributed by atoms with Gasteiger partial charge in [0.2, 0.25) is 0 Å². The number of ether oxygens (including phenoxy) is 1. The van der Waals surface area contributed by atoms with Gasteiger partial charge in [0.05, 0.1) is 17.5 Å². The van der Waals surface area contributed by atoms with Gasteiger partial charge in [0.25, 0.3) is 5.91 Å². The van der Waals surface area contributed by atoms with Crippen molar-refractivity contribution < 1.29 is 18.7 Å². The number of ketones is 1. The van der Waals surface area contributed by atoms with Gasteiger partial charge >= 0.3 is 0 Å². The topological polar surface area (TPSA) is 46.6 Å². The molecule has 0 bridgehead atoms. The van der Waals surface area contributed by atoms with Gasteiger partial charge in [-0.2, -0.15) is 0 Å². The molecule has 2 aliphatic rings. The lowest BCUT2D eigenvalue weighted by Crippen LogP contribution is -2.52. The molecule has 4 rings (SSSR count). The van der Waals surface area contributed by atoms with Gasteiger partial charge in [0.1, 0.15) is 17.2 Å². The highest BCUT2D eigenvalue weighted by molar-refractivity contribution is 6.01. The SMILES string of the molecule is Cc1cc(C)c2c(c1)C(=O)CC1(CCN(C(=O)c3ccccc3F)CC1)O2. The molecular formula is C22H22FNO3. The van der Waals surface area contributed by atoms with Crippen LogP contribution in [0.5, 0.6) is 5.75 Å². The fraction of sp³-hybridized carbons (Fsp3) is 0.364. The molecule has 0 aromatic heterocycles. The number of fused-ring (bicyclic) bond motifs is 1. The number of carbonyl (C=O) groups excluding carboxylic acids is 2. The summed E-state index contributed by atoms with van der Waals surface area (Å²) >= 11 is 0. The van der Waals surface area contributed by atoms with Crippen molar-refractivity contribution in [3.63, 3.8) is 0 Å². The molecule has 1 fully saturated rings. The van der Waals surface area contributed by atoms with E-state index in [4.69, 9.17) is 4.74 Å². The van der Waals surface area contributed by atoms with Crippen LogP contribution < -0.4 is 4.74 Å². The van der Waals surface area contributed by atoms with Crippen molar-refractivity contribution >= 4 is 11.7 Å². The first kappa shape index (κ1) is 17.7. The second kappa shape index (κ2) is 6.48. The van der Waals surface area contributed by atoms with E-state index in [9.17, 15) is 14.0 Å². The number of hydrogen-bond donors (Lipinski definition) is 0. The number of halogens is 1. The zero-order valence-corrected chi connectivity index (χ0v) is 15.5. The first-order valence-electron chi connectivity index (χ1n) is 9.26. The van der Waals surface area contributed by atoms with Gasteiger partial charge < -0.3 is 9.64 Å². The number of amides is 1. The van der Waals surface area contributed by atoms with Gasteiger partial charge in [-0.15, -0.1) is 0 Å². The largest absolute Gasteiger partial charge is 0.486 e. The Kier molecular flexibility index (Phi) is 4.25. The van der Waals surface area contributed by atoms with Crippen molar-refractivity contribution in [3.05, 3.63) is 64.5 Å². The molecule has 0 N–H and O–H groups in total. The lowest BCUT2D eigenvalue weighted by molar-refractivity contribution is -0.00627. The van der Waals surface area contributed by atoms with Gasteiger partial charge in [-0.05, 0) is 43.2 Å². The highest BCUT2D eigenvalue weighted by Crippen LogP contribution is 2.41. The van der Waals surface area contributed by atoms with E-state index in [2.05, 4.69) is 0 Å². The number of Topliss-reactive ketones (excluding diaryl/α,β-unsaturated/α-hetero) is 1. The summed E-state index contributed by atoms with van der Waals surface area (Å²) in [4.78, 5) is 27.0. The molecule has 0 radical (unpaired) electrons. The van der Waals surface area contributed by atoms with Crippen molar-refractivity contribution in [1.82, 2.24) is 4.90 Å². The molecule has 2 aromatic rings. The maximum atomic E-state index is 13.9. The summed E-state index contributed by atoms with van der Waals surface area (Å²) in [6, 6.07) is 9.93. The molecule has 1 amide bonds. The van der Waals surface area contributed by atoms with E-state index >= 15 is 0 Å². The summed E-state index contributed by atoms with van der Waals surface area (Å²) in [5.74, 6) is -0.0493. The average molecular weight is 367 g/mol. The Bertz CT molecular complexity index is 929. The van der Waals surface area contributed by atoms with Crippen molar-refractivity contribution in [2.24, 2.45) is 0 Å². The van der Waals surface area contributed by atoms with Gasteiger partial charge in [-0.1, -0.05) is 18.2 Å². The monoisotopic (exact) mass is 367 g/mol. The van der Waals surface area contributed by atoms with E-state index in [0.29, 0.717) is 43.7 Å². The molecule has 2 heterocycles. The fourth-order valence-corrected chi connectivity index (χ4v) is 4.14. The molecule has 27 heavy (non-hydrogen) atoms. The number of aryl methyl sites for hydroxylation is 2. The molecule has 0 saturated carbocycles. The lowest BCUT2D eigenvalue weighted by atomic mass is 9.81. The van der Waals surface area contributed by atoms with Crippen molar-refractivity contribution in [2.75, 3.05) is 13.1 Å². The number of nitrogens with zero attached hydrogens (tertiary/aromatic N) is 1. The first-order chi connectivity index (χ1) is 12.9. The van der Waals surface area contributed by atoms with Gasteiger partial charge in [0, 0.05) is 25.9 Å². The molecular weight excluding hydrogens is 345 g/mol. The Morgan fingerprint density at radius 2 is 1.85 bits per heavy atom. The van der Waals surface area contributed by atoms with Crippen LogP contribution in [0.3, 0.4) is 0 Å². The zero-order chi connectivity index (χ0) is 19.2. The van der Waals surface area contributed by atoms with E-state index in [1.807, 2.05) is 26.0 Å². The Morgan fingerprint density at radius 1 is 1.15 bits per heavy atom. The third-order valence-corrected chi connectivity index (χ3v) is 5.59. The van der Waals surface area contributed by atoms with Crippen molar-refractivity contribution in [1.29, 1.82) is 0 Å². The highest BCUT2D eigenvalue weighted by Gasteiger charge is 2.44. The van der Waals surface area contributed by atoms with Crippen LogP contribution in [0.1, 0.15) is 51.1 Å². The predicted octanol–water partition coefficient (Wildman–Crippen LogP) is 4.08. The average Bonchev–Trinajstić information content (AvgIpc) is 2.63. The third-order valence-electron chi connectivity index (χ3n) is 5.59. The van der Waals surface area contributed by atoms with Crippen LogP contribution >= 0.6 is 0 Å². The Balaban J connectivity index is 1.53. The number of carbonyl (C=O) groups is 2. The molecule has 0 unspecified atom stereocenters. The lowest BCUT2D eigenvalue weighted by Gasteiger charge is -2.44. The molecule has 5 heteroatoms. The number of likely N-dealkylation sites (tertiary alicyclic amines) is 1. The van der Waals surface area contributed by atoms with Crippen molar-refractivity contribution in [2.45, 2.75) is 38.7 Å². The van der Waals surface area contributed by atoms with E-state index in [0.717, 1.165) is 11.1 Å². The summed E-state index contributed by atoms with van der Waals surface area (Å²) in [7, 11) is 0. The van der Waals surface area contributed by atoms with Gasteiger partial charge in [-0.25, -0.2) is 4.39 Å². The molecule has 4 nitrogen and oxygen atoms in total. The van der Waals surface area contributed by atoms with Crippen LogP contribution in [0.4, 0.5) is 4.39 Å². The fourth-order valence-electron chi connectivity index (χ4n) is 4.14. The standard InChI is InChI=1S/C22H22FNO3/c1-14-11-15(2)20-17(12-14)19(25)13-22(27-20)7-9-24(10-8-22)21(26)16-5-3-4-6-18(16)23/h3-6,11-12H,7-10,13H2,1-2H3. The summed E-state index contributed by atoms with van der Waals surface area (Å²) in [6.45, 7) is 4.81. The summed E-state index contributed by atoms with van der Waals surface area (Å²) in [6.07, 6.45) is 1.45. The number of piperidine rings is 1. The minimum Gasteiger partial charge on any atom is -0.486 e. The number of hydrogen-bond acceptors (Lipinski definition) is 3. The minimum atomic E-state index is -0.573. The van der Waals surface area contributed by atoms with E-state index < -0.39 is 11.4 Å². The van der Waals surface area contributed by atoms with Crippen LogP contribution in [0.15, 0.2) is 36.4 Å². The molecule has 2 aliphatic heterocycles. The molecule has 2 aromatic carbocycles. The molecule has 1 spiro atoms. The molecule has 140 valence electrons. The Morgan fingerprint density at radius 3 is 2.56 bits per heavy atom. The predicted molar refractivity (Wildman–Crippen MR) is 99.8 cm³/mol. The highest BCUT2D eigenvalue weighted by atomic mass is 19.1. The summed E-state index contributed by atoms with van der Waals surface area (Å²) in [5, 5.41) is 0. The number of rotatable bonds is 1. The second-order valence-corrected chi connectivity index (χ2v) is 7.62. The van der Waals surface area contributed by atoms with Crippen LogP contribution in [-0.2, 0) is 0 Å². The maximum absolute atomic E-state index is 13.9. The second-order valence-electron chi connectivity index (χ2n) is 7.62.